The molecule has 2 aliphatic rings. The molecule has 3 rings (SSSR count). The van der Waals surface area contributed by atoms with Crippen LogP contribution in [0.2, 0.25) is 0 Å². The van der Waals surface area contributed by atoms with Crippen molar-refractivity contribution in [3.63, 3.8) is 0 Å². The van der Waals surface area contributed by atoms with Gasteiger partial charge in [0.25, 0.3) is 0 Å². The number of benzene rings is 1. The van der Waals surface area contributed by atoms with E-state index in [1.165, 1.54) is 11.8 Å². The van der Waals surface area contributed by atoms with E-state index in [0.29, 0.717) is 30.8 Å². The second-order valence-corrected chi connectivity index (χ2v) is 10.5. The van der Waals surface area contributed by atoms with Crippen LogP contribution >= 0.6 is 0 Å². The minimum absolute atomic E-state index is 0.459. The van der Waals surface area contributed by atoms with Gasteiger partial charge in [-0.1, -0.05) is 37.3 Å². The standard InChI is InChI=1S/C22H36N4O2S/c1-4-23-22(24-16-19-10-14-26(15-11-19)29(3,27)28)25-13-12-21(18(2)17-25)20-8-6-5-7-9-20/h5-9,18-19,21H,4,10-17H2,1-3H3,(H,23,24). The molecule has 0 amide bonds. The Hall–Kier alpha value is -1.60. The van der Waals surface area contributed by atoms with E-state index in [0.717, 1.165) is 51.4 Å². The molecule has 2 aliphatic heterocycles. The summed E-state index contributed by atoms with van der Waals surface area (Å²) in [5, 5.41) is 3.47. The van der Waals surface area contributed by atoms with E-state index in [2.05, 4.69) is 54.4 Å². The molecule has 1 aromatic rings. The lowest BCUT2D eigenvalue weighted by Crippen LogP contribution is -2.48. The first-order valence-electron chi connectivity index (χ1n) is 10.9. The number of nitrogens with zero attached hydrogens (tertiary/aromatic N) is 3. The summed E-state index contributed by atoms with van der Waals surface area (Å²) in [6.07, 6.45) is 4.22. The molecule has 2 saturated heterocycles. The zero-order chi connectivity index (χ0) is 20.9. The van der Waals surface area contributed by atoms with Crippen LogP contribution in [0, 0.1) is 11.8 Å². The van der Waals surface area contributed by atoms with Crippen molar-refractivity contribution in [2.45, 2.75) is 39.0 Å². The molecule has 0 aliphatic carbocycles. The van der Waals surface area contributed by atoms with E-state index in [1.807, 2.05) is 0 Å². The third kappa shape index (κ3) is 5.95. The molecule has 2 atom stereocenters. The van der Waals surface area contributed by atoms with Gasteiger partial charge in [-0.3, -0.25) is 4.99 Å². The van der Waals surface area contributed by atoms with E-state index in [-0.39, 0.29) is 0 Å². The largest absolute Gasteiger partial charge is 0.357 e. The summed E-state index contributed by atoms with van der Waals surface area (Å²) in [6, 6.07) is 10.8. The van der Waals surface area contributed by atoms with Gasteiger partial charge in [-0.15, -0.1) is 0 Å². The fourth-order valence-corrected chi connectivity index (χ4v) is 5.47. The Kier molecular flexibility index (Phi) is 7.57. The quantitative estimate of drug-likeness (QED) is 0.588. The third-order valence-electron chi connectivity index (χ3n) is 6.31. The number of piperidine rings is 2. The molecule has 2 unspecified atom stereocenters. The summed E-state index contributed by atoms with van der Waals surface area (Å²) in [7, 11) is -3.06. The normalized spacial score (nSPS) is 25.2. The van der Waals surface area contributed by atoms with Gasteiger partial charge in [-0.2, -0.15) is 0 Å². The molecule has 1 N–H and O–H groups in total. The first-order valence-corrected chi connectivity index (χ1v) is 12.8. The van der Waals surface area contributed by atoms with E-state index in [1.54, 1.807) is 4.31 Å². The molecular weight excluding hydrogens is 384 g/mol. The molecule has 162 valence electrons. The number of rotatable bonds is 5. The summed E-state index contributed by atoms with van der Waals surface area (Å²) in [4.78, 5) is 7.35. The van der Waals surface area contributed by atoms with Crippen LogP contribution < -0.4 is 5.32 Å². The number of likely N-dealkylation sites (tertiary alicyclic amines) is 1. The van der Waals surface area contributed by atoms with Crippen LogP contribution in [0.3, 0.4) is 0 Å². The number of aliphatic imine (C=N–C) groups is 1. The Morgan fingerprint density at radius 2 is 1.83 bits per heavy atom. The molecule has 0 aromatic heterocycles. The van der Waals surface area contributed by atoms with Gasteiger partial charge < -0.3 is 10.2 Å². The van der Waals surface area contributed by atoms with E-state index >= 15 is 0 Å². The fraction of sp³-hybridized carbons (Fsp3) is 0.682. The number of hydrogen-bond acceptors (Lipinski definition) is 3. The highest BCUT2D eigenvalue weighted by Gasteiger charge is 2.29. The average molecular weight is 421 g/mol. The predicted octanol–water partition coefficient (Wildman–Crippen LogP) is 2.75. The van der Waals surface area contributed by atoms with Crippen molar-refractivity contribution in [1.82, 2.24) is 14.5 Å². The summed E-state index contributed by atoms with van der Waals surface area (Å²) in [5.74, 6) is 2.65. The zero-order valence-corrected chi connectivity index (χ0v) is 18.9. The van der Waals surface area contributed by atoms with Gasteiger partial charge in [0.2, 0.25) is 10.0 Å². The van der Waals surface area contributed by atoms with Crippen molar-refractivity contribution in [2.24, 2.45) is 16.8 Å². The molecule has 0 saturated carbocycles. The lowest BCUT2D eigenvalue weighted by molar-refractivity contribution is 0.233. The molecule has 0 spiro atoms. The highest BCUT2D eigenvalue weighted by Crippen LogP contribution is 2.32. The number of nitrogens with one attached hydrogen (secondary N) is 1. The van der Waals surface area contributed by atoms with Crippen molar-refractivity contribution < 1.29 is 8.42 Å². The van der Waals surface area contributed by atoms with Gasteiger partial charge in [-0.05, 0) is 49.5 Å². The topological polar surface area (TPSA) is 65.0 Å². The summed E-state index contributed by atoms with van der Waals surface area (Å²) < 4.78 is 25.0. The molecule has 2 heterocycles. The van der Waals surface area contributed by atoms with Crippen LogP contribution in [-0.2, 0) is 10.0 Å². The Morgan fingerprint density at radius 1 is 1.14 bits per heavy atom. The Morgan fingerprint density at radius 3 is 2.41 bits per heavy atom. The van der Waals surface area contributed by atoms with Gasteiger partial charge in [0.1, 0.15) is 0 Å². The van der Waals surface area contributed by atoms with Crippen molar-refractivity contribution >= 4 is 16.0 Å². The minimum Gasteiger partial charge on any atom is -0.357 e. The average Bonchev–Trinajstić information content (AvgIpc) is 2.71. The smallest absolute Gasteiger partial charge is 0.211 e. The number of guanidine groups is 1. The summed E-state index contributed by atoms with van der Waals surface area (Å²) in [5.41, 5.74) is 1.44. The number of sulfonamides is 1. The first kappa shape index (κ1) is 22.1. The van der Waals surface area contributed by atoms with Crippen molar-refractivity contribution in [1.29, 1.82) is 0 Å². The van der Waals surface area contributed by atoms with E-state index in [4.69, 9.17) is 4.99 Å². The highest BCUT2D eigenvalue weighted by atomic mass is 32.2. The Bertz CT molecular complexity index is 773. The lowest BCUT2D eigenvalue weighted by Gasteiger charge is -2.39. The maximum atomic E-state index is 11.7. The Balaban J connectivity index is 1.57. The van der Waals surface area contributed by atoms with Gasteiger partial charge in [0.15, 0.2) is 5.96 Å². The Labute approximate surface area is 176 Å². The molecule has 0 bridgehead atoms. The molecule has 7 heteroatoms. The first-order chi connectivity index (χ1) is 13.9. The number of hydrogen-bond donors (Lipinski definition) is 1. The maximum Gasteiger partial charge on any atom is 0.211 e. The monoisotopic (exact) mass is 420 g/mol. The molecule has 1 aromatic carbocycles. The van der Waals surface area contributed by atoms with Crippen LogP contribution in [0.25, 0.3) is 0 Å². The summed E-state index contributed by atoms with van der Waals surface area (Å²) >= 11 is 0. The predicted molar refractivity (Wildman–Crippen MR) is 120 cm³/mol. The fourth-order valence-electron chi connectivity index (χ4n) is 4.60. The van der Waals surface area contributed by atoms with Gasteiger partial charge in [0, 0.05) is 39.3 Å². The van der Waals surface area contributed by atoms with E-state index < -0.39 is 10.0 Å². The van der Waals surface area contributed by atoms with Crippen molar-refractivity contribution in [3.8, 4) is 0 Å². The minimum atomic E-state index is -3.06. The van der Waals surface area contributed by atoms with E-state index in [9.17, 15) is 8.42 Å². The van der Waals surface area contributed by atoms with Gasteiger partial charge in [0.05, 0.1) is 6.26 Å². The molecule has 6 nitrogen and oxygen atoms in total. The maximum absolute atomic E-state index is 11.7. The SMILES string of the molecule is CCNC(=NCC1CCN(S(C)(=O)=O)CC1)N1CCC(c2ccccc2)C(C)C1. The highest BCUT2D eigenvalue weighted by molar-refractivity contribution is 7.88. The van der Waals surface area contributed by atoms with Crippen molar-refractivity contribution in [2.75, 3.05) is 45.5 Å². The van der Waals surface area contributed by atoms with Crippen molar-refractivity contribution in [3.05, 3.63) is 35.9 Å². The zero-order valence-electron chi connectivity index (χ0n) is 18.0. The lowest BCUT2D eigenvalue weighted by atomic mass is 9.82. The second kappa shape index (κ2) is 9.94. The molecule has 29 heavy (non-hydrogen) atoms. The third-order valence-corrected chi connectivity index (χ3v) is 7.61. The van der Waals surface area contributed by atoms with Crippen LogP contribution in [-0.4, -0.2) is 69.1 Å². The second-order valence-electron chi connectivity index (χ2n) is 8.53. The van der Waals surface area contributed by atoms with Crippen LogP contribution in [0.4, 0.5) is 0 Å². The summed E-state index contributed by atoms with van der Waals surface area (Å²) in [6.45, 7) is 9.35. The molecular formula is C22H36N4O2S. The molecule has 2 fully saturated rings. The van der Waals surface area contributed by atoms with Crippen LogP contribution in [0.5, 0.6) is 0 Å². The van der Waals surface area contributed by atoms with Crippen LogP contribution in [0.1, 0.15) is 44.6 Å². The van der Waals surface area contributed by atoms with Gasteiger partial charge in [-0.25, -0.2) is 12.7 Å². The van der Waals surface area contributed by atoms with Crippen LogP contribution in [0.15, 0.2) is 35.3 Å². The molecule has 0 radical (unpaired) electrons. The van der Waals surface area contributed by atoms with Gasteiger partial charge >= 0.3 is 0 Å².